The second kappa shape index (κ2) is 3.77. The molecule has 0 amide bonds. The van der Waals surface area contributed by atoms with Gasteiger partial charge in [0.2, 0.25) is 0 Å². The van der Waals surface area contributed by atoms with Crippen LogP contribution in [0, 0.1) is 13.8 Å². The van der Waals surface area contributed by atoms with Gasteiger partial charge in [-0.3, -0.25) is 4.98 Å². The fraction of sp³-hybridized carbons (Fsp3) is 0.182. The average molecular weight is 217 g/mol. The highest BCUT2D eigenvalue weighted by Gasteiger charge is 2.13. The third kappa shape index (κ3) is 1.56. The van der Waals surface area contributed by atoms with E-state index in [1.807, 2.05) is 13.8 Å². The van der Waals surface area contributed by atoms with E-state index in [9.17, 15) is 4.79 Å². The molecule has 0 radical (unpaired) electrons. The van der Waals surface area contributed by atoms with Crippen LogP contribution in [-0.4, -0.2) is 25.6 Å². The van der Waals surface area contributed by atoms with E-state index in [4.69, 9.17) is 5.11 Å². The van der Waals surface area contributed by atoms with Gasteiger partial charge in [0.1, 0.15) is 5.56 Å². The average Bonchev–Trinajstić information content (AvgIpc) is 2.60. The second-order valence-corrected chi connectivity index (χ2v) is 3.48. The van der Waals surface area contributed by atoms with Crippen LogP contribution < -0.4 is 0 Å². The standard InChI is InChI=1S/C11H11N3O2/c1-7-8(2)14(6-13-7)10-3-4-12-5-9(10)11(15)16/h3-6H,1-2H3,(H,15,16). The van der Waals surface area contributed by atoms with Crippen molar-refractivity contribution in [3.63, 3.8) is 0 Å². The molecule has 2 heterocycles. The summed E-state index contributed by atoms with van der Waals surface area (Å²) in [6.07, 6.45) is 4.52. The molecule has 2 aromatic rings. The van der Waals surface area contributed by atoms with E-state index in [1.54, 1.807) is 23.2 Å². The minimum absolute atomic E-state index is 0.169. The molecule has 82 valence electrons. The Labute approximate surface area is 92.4 Å². The van der Waals surface area contributed by atoms with Gasteiger partial charge < -0.3 is 9.67 Å². The van der Waals surface area contributed by atoms with E-state index in [-0.39, 0.29) is 5.56 Å². The Morgan fingerprint density at radius 3 is 2.75 bits per heavy atom. The third-order valence-corrected chi connectivity index (χ3v) is 2.54. The summed E-state index contributed by atoms with van der Waals surface area (Å²) in [4.78, 5) is 19.0. The number of aromatic nitrogens is 3. The summed E-state index contributed by atoms with van der Waals surface area (Å²) in [7, 11) is 0. The molecule has 0 spiro atoms. The van der Waals surface area contributed by atoms with Crippen LogP contribution >= 0.6 is 0 Å². The van der Waals surface area contributed by atoms with Crippen LogP contribution in [0.1, 0.15) is 21.7 Å². The van der Waals surface area contributed by atoms with E-state index in [2.05, 4.69) is 9.97 Å². The lowest BCUT2D eigenvalue weighted by atomic mass is 10.2. The number of carboxylic acid groups (broad SMARTS) is 1. The maximum absolute atomic E-state index is 11.0. The minimum atomic E-state index is -0.992. The van der Waals surface area contributed by atoms with Crippen molar-refractivity contribution in [2.24, 2.45) is 0 Å². The highest BCUT2D eigenvalue weighted by atomic mass is 16.4. The maximum Gasteiger partial charge on any atom is 0.339 e. The molecule has 5 nitrogen and oxygen atoms in total. The summed E-state index contributed by atoms with van der Waals surface area (Å²) in [6.45, 7) is 3.78. The van der Waals surface area contributed by atoms with E-state index >= 15 is 0 Å². The fourth-order valence-corrected chi connectivity index (χ4v) is 1.50. The number of aromatic carboxylic acids is 1. The zero-order chi connectivity index (χ0) is 11.7. The molecule has 0 aliphatic heterocycles. The molecule has 0 saturated heterocycles. The number of carbonyl (C=O) groups is 1. The monoisotopic (exact) mass is 217 g/mol. The van der Waals surface area contributed by atoms with Crippen molar-refractivity contribution in [1.82, 2.24) is 14.5 Å². The van der Waals surface area contributed by atoms with E-state index < -0.39 is 5.97 Å². The van der Waals surface area contributed by atoms with Crippen LogP contribution in [0.4, 0.5) is 0 Å². The number of rotatable bonds is 2. The van der Waals surface area contributed by atoms with Crippen LogP contribution in [0.5, 0.6) is 0 Å². The van der Waals surface area contributed by atoms with E-state index in [0.29, 0.717) is 5.69 Å². The topological polar surface area (TPSA) is 68.0 Å². The van der Waals surface area contributed by atoms with Gasteiger partial charge in [-0.25, -0.2) is 9.78 Å². The Morgan fingerprint density at radius 1 is 1.44 bits per heavy atom. The highest BCUT2D eigenvalue weighted by molar-refractivity contribution is 5.91. The minimum Gasteiger partial charge on any atom is -0.478 e. The summed E-state index contributed by atoms with van der Waals surface area (Å²) in [5, 5.41) is 9.05. The zero-order valence-corrected chi connectivity index (χ0v) is 9.01. The molecule has 2 rings (SSSR count). The largest absolute Gasteiger partial charge is 0.478 e. The lowest BCUT2D eigenvalue weighted by molar-refractivity contribution is 0.0696. The predicted octanol–water partition coefficient (Wildman–Crippen LogP) is 1.58. The van der Waals surface area contributed by atoms with Crippen molar-refractivity contribution in [3.05, 3.63) is 41.7 Å². The quantitative estimate of drug-likeness (QED) is 0.829. The van der Waals surface area contributed by atoms with Crippen LogP contribution in [0.3, 0.4) is 0 Å². The molecule has 0 fully saturated rings. The fourth-order valence-electron chi connectivity index (χ4n) is 1.50. The number of carboxylic acids is 1. The molecule has 0 saturated carbocycles. The Hall–Kier alpha value is -2.17. The molecule has 0 aromatic carbocycles. The van der Waals surface area contributed by atoms with Crippen molar-refractivity contribution in [2.75, 3.05) is 0 Å². The molecule has 0 aliphatic carbocycles. The second-order valence-electron chi connectivity index (χ2n) is 3.48. The summed E-state index contributed by atoms with van der Waals surface area (Å²) < 4.78 is 1.75. The molecule has 5 heteroatoms. The number of hydrogen-bond donors (Lipinski definition) is 1. The molecule has 0 unspecified atom stereocenters. The molecule has 0 aliphatic rings. The van der Waals surface area contributed by atoms with Gasteiger partial charge in [-0.2, -0.15) is 0 Å². The van der Waals surface area contributed by atoms with E-state index in [1.165, 1.54) is 6.20 Å². The summed E-state index contributed by atoms with van der Waals surface area (Å²) in [6, 6.07) is 1.66. The van der Waals surface area contributed by atoms with Gasteiger partial charge in [-0.05, 0) is 19.9 Å². The van der Waals surface area contributed by atoms with Crippen LogP contribution in [0.15, 0.2) is 24.8 Å². The molecular formula is C11H11N3O2. The molecule has 1 N–H and O–H groups in total. The first-order chi connectivity index (χ1) is 7.61. The molecular weight excluding hydrogens is 206 g/mol. The number of aryl methyl sites for hydroxylation is 1. The van der Waals surface area contributed by atoms with Gasteiger partial charge in [0.15, 0.2) is 0 Å². The first kappa shape index (κ1) is 10.4. The SMILES string of the molecule is Cc1ncn(-c2ccncc2C(=O)O)c1C. The number of nitrogens with zero attached hydrogens (tertiary/aromatic N) is 3. The smallest absolute Gasteiger partial charge is 0.339 e. The van der Waals surface area contributed by atoms with Crippen LogP contribution in [-0.2, 0) is 0 Å². The Balaban J connectivity index is 2.64. The van der Waals surface area contributed by atoms with Gasteiger partial charge in [-0.15, -0.1) is 0 Å². The number of hydrogen-bond acceptors (Lipinski definition) is 3. The van der Waals surface area contributed by atoms with Crippen molar-refractivity contribution in [1.29, 1.82) is 0 Å². The summed E-state index contributed by atoms with van der Waals surface area (Å²) in [5.41, 5.74) is 2.56. The Bertz CT molecular complexity index is 546. The molecule has 2 aromatic heterocycles. The Kier molecular flexibility index (Phi) is 2.44. The van der Waals surface area contributed by atoms with Crippen LogP contribution in [0.25, 0.3) is 5.69 Å². The Morgan fingerprint density at radius 2 is 2.19 bits per heavy atom. The first-order valence-electron chi connectivity index (χ1n) is 4.79. The molecule has 0 bridgehead atoms. The van der Waals surface area contributed by atoms with Crippen molar-refractivity contribution in [3.8, 4) is 5.69 Å². The van der Waals surface area contributed by atoms with Crippen molar-refractivity contribution in [2.45, 2.75) is 13.8 Å². The normalized spacial score (nSPS) is 10.4. The lowest BCUT2D eigenvalue weighted by Crippen LogP contribution is -2.06. The summed E-state index contributed by atoms with van der Waals surface area (Å²) in [5.74, 6) is -0.992. The third-order valence-electron chi connectivity index (χ3n) is 2.54. The summed E-state index contributed by atoms with van der Waals surface area (Å²) >= 11 is 0. The van der Waals surface area contributed by atoms with Crippen molar-refractivity contribution >= 4 is 5.97 Å². The van der Waals surface area contributed by atoms with Crippen LogP contribution in [0.2, 0.25) is 0 Å². The van der Waals surface area contributed by atoms with Gasteiger partial charge in [-0.1, -0.05) is 0 Å². The van der Waals surface area contributed by atoms with E-state index in [0.717, 1.165) is 11.4 Å². The lowest BCUT2D eigenvalue weighted by Gasteiger charge is -2.08. The maximum atomic E-state index is 11.0. The van der Waals surface area contributed by atoms with Crippen molar-refractivity contribution < 1.29 is 9.90 Å². The molecule has 16 heavy (non-hydrogen) atoms. The zero-order valence-electron chi connectivity index (χ0n) is 9.01. The van der Waals surface area contributed by atoms with Gasteiger partial charge in [0.05, 0.1) is 17.7 Å². The van der Waals surface area contributed by atoms with Gasteiger partial charge >= 0.3 is 5.97 Å². The predicted molar refractivity (Wildman–Crippen MR) is 57.8 cm³/mol. The number of imidazole rings is 1. The molecule has 0 atom stereocenters. The van der Waals surface area contributed by atoms with Gasteiger partial charge in [0.25, 0.3) is 0 Å². The first-order valence-corrected chi connectivity index (χ1v) is 4.79. The number of pyridine rings is 1. The van der Waals surface area contributed by atoms with Gasteiger partial charge in [0, 0.05) is 18.1 Å². The highest BCUT2D eigenvalue weighted by Crippen LogP contribution is 2.17.